The monoisotopic (exact) mass is 827 g/mol. The van der Waals surface area contributed by atoms with Gasteiger partial charge >= 0.3 is 0 Å². The molecule has 1 aromatic heterocycles. The summed E-state index contributed by atoms with van der Waals surface area (Å²) in [7, 11) is 0. The molecule has 1 aliphatic rings. The van der Waals surface area contributed by atoms with Crippen LogP contribution in [0.4, 0.5) is 17.1 Å². The normalized spacial score (nSPS) is 12.7. The molecule has 0 aliphatic heterocycles. The molecule has 2 heteroatoms. The summed E-state index contributed by atoms with van der Waals surface area (Å²) in [6.07, 6.45) is 0. The number of para-hydroxylation sites is 1. The molecule has 0 amide bonds. The molecular weight excluding hydrogens is 787 g/mol. The summed E-state index contributed by atoms with van der Waals surface area (Å²) >= 11 is 0. The van der Waals surface area contributed by atoms with Crippen LogP contribution in [-0.2, 0) is 5.41 Å². The number of furan rings is 1. The van der Waals surface area contributed by atoms with Crippen LogP contribution in [-0.4, -0.2) is 0 Å². The fourth-order valence-corrected chi connectivity index (χ4v) is 10.9. The third kappa shape index (κ3) is 5.74. The van der Waals surface area contributed by atoms with Crippen molar-refractivity contribution in [2.24, 2.45) is 0 Å². The van der Waals surface area contributed by atoms with Crippen molar-refractivity contribution in [2.45, 2.75) is 5.41 Å². The Morgan fingerprint density at radius 1 is 0.323 bits per heavy atom. The summed E-state index contributed by atoms with van der Waals surface area (Å²) in [5, 5.41) is 7.06. The molecule has 304 valence electrons. The molecular formula is C63H41NO. The first kappa shape index (κ1) is 37.1. The van der Waals surface area contributed by atoms with Crippen molar-refractivity contribution in [3.05, 3.63) is 271 Å². The number of nitrogens with zero attached hydrogens (tertiary/aromatic N) is 1. The summed E-state index contributed by atoms with van der Waals surface area (Å²) < 4.78 is 6.52. The highest BCUT2D eigenvalue weighted by molar-refractivity contribution is 6.11. The molecule has 11 aromatic carbocycles. The quantitative estimate of drug-likeness (QED) is 0.159. The van der Waals surface area contributed by atoms with Crippen LogP contribution in [0.15, 0.2) is 253 Å². The zero-order chi connectivity index (χ0) is 42.9. The molecule has 65 heavy (non-hydrogen) atoms. The van der Waals surface area contributed by atoms with Gasteiger partial charge in [0.1, 0.15) is 11.2 Å². The first-order valence-corrected chi connectivity index (χ1v) is 22.4. The molecule has 0 fully saturated rings. The molecule has 0 radical (unpaired) electrons. The van der Waals surface area contributed by atoms with Crippen LogP contribution in [0.1, 0.15) is 22.3 Å². The van der Waals surface area contributed by atoms with E-state index in [0.29, 0.717) is 0 Å². The van der Waals surface area contributed by atoms with Crippen LogP contribution in [0.2, 0.25) is 0 Å². The van der Waals surface area contributed by atoms with Gasteiger partial charge < -0.3 is 9.32 Å². The molecule has 0 unspecified atom stereocenters. The Labute approximate surface area is 377 Å². The predicted molar refractivity (Wildman–Crippen MR) is 272 cm³/mol. The lowest BCUT2D eigenvalue weighted by Crippen LogP contribution is -2.28. The number of benzene rings is 11. The molecule has 2 nitrogen and oxygen atoms in total. The summed E-state index contributed by atoms with van der Waals surface area (Å²) in [5.74, 6) is 0. The Morgan fingerprint density at radius 3 is 1.71 bits per heavy atom. The Morgan fingerprint density at radius 2 is 0.892 bits per heavy atom. The van der Waals surface area contributed by atoms with Crippen LogP contribution in [0, 0.1) is 0 Å². The van der Waals surface area contributed by atoms with Gasteiger partial charge in [-0.15, -0.1) is 0 Å². The van der Waals surface area contributed by atoms with E-state index in [1.807, 2.05) is 0 Å². The SMILES string of the molecule is c1ccc(C2(c3ccccc3)c3ccccc3-c3c(N(c4cccc(-c5cccc6ccccc56)c4)c4ccccc4-c4ccc5oc6cc7ccccc7cc6c5c4)cccc32)cc1. The fraction of sp³-hybridized carbons (Fsp3) is 0.0159. The number of rotatable bonds is 7. The zero-order valence-corrected chi connectivity index (χ0v) is 35.5. The van der Waals surface area contributed by atoms with Crippen LogP contribution < -0.4 is 4.90 Å². The molecule has 0 N–H and O–H groups in total. The van der Waals surface area contributed by atoms with Crippen molar-refractivity contribution >= 4 is 60.5 Å². The van der Waals surface area contributed by atoms with E-state index in [1.54, 1.807) is 0 Å². The predicted octanol–water partition coefficient (Wildman–Crippen LogP) is 17.1. The third-order valence-corrected chi connectivity index (χ3v) is 13.7. The number of anilines is 3. The van der Waals surface area contributed by atoms with Crippen molar-refractivity contribution in [3.63, 3.8) is 0 Å². The second-order valence-corrected chi connectivity index (χ2v) is 17.2. The highest BCUT2D eigenvalue weighted by Crippen LogP contribution is 2.60. The van der Waals surface area contributed by atoms with E-state index in [9.17, 15) is 0 Å². The Hall–Kier alpha value is -8.46. The topological polar surface area (TPSA) is 16.4 Å². The Bertz CT molecular complexity index is 3740. The maximum Gasteiger partial charge on any atom is 0.136 e. The molecule has 1 aliphatic carbocycles. The molecule has 0 atom stereocenters. The Kier molecular flexibility index (Phi) is 8.47. The molecule has 12 aromatic rings. The summed E-state index contributed by atoms with van der Waals surface area (Å²) in [5.41, 5.74) is 16.6. The fourth-order valence-electron chi connectivity index (χ4n) is 10.9. The standard InChI is InChI=1S/C63H41NO/c1-3-23-47(24-4-1)63(48-25-5-2-6-26-48)56-32-13-11-30-53(56)62-57(63)33-17-35-59(62)64(49-27-15-22-45(38-49)51-31-16-21-42-18-9-10-28-50(42)51)58-34-14-12-29-52(58)46-36-37-60-54(40-46)55-39-43-19-7-8-20-44(43)41-61(55)65-60/h1-41H. The largest absolute Gasteiger partial charge is 0.456 e. The van der Waals surface area contributed by atoms with Crippen LogP contribution in [0.3, 0.4) is 0 Å². The molecule has 0 saturated carbocycles. The highest BCUT2D eigenvalue weighted by atomic mass is 16.3. The van der Waals surface area contributed by atoms with Gasteiger partial charge in [-0.3, -0.25) is 0 Å². The van der Waals surface area contributed by atoms with Crippen LogP contribution >= 0.6 is 0 Å². The lowest BCUT2D eigenvalue weighted by Gasteiger charge is -2.34. The minimum absolute atomic E-state index is 0.544. The third-order valence-electron chi connectivity index (χ3n) is 13.7. The number of hydrogen-bond acceptors (Lipinski definition) is 2. The zero-order valence-electron chi connectivity index (χ0n) is 35.5. The van der Waals surface area contributed by atoms with E-state index in [0.717, 1.165) is 55.7 Å². The molecule has 1 heterocycles. The van der Waals surface area contributed by atoms with Crippen molar-refractivity contribution in [1.82, 2.24) is 0 Å². The summed E-state index contributed by atoms with van der Waals surface area (Å²) in [6.45, 7) is 0. The van der Waals surface area contributed by atoms with Crippen molar-refractivity contribution < 1.29 is 4.42 Å². The van der Waals surface area contributed by atoms with Gasteiger partial charge in [-0.05, 0) is 115 Å². The lowest BCUT2D eigenvalue weighted by atomic mass is 9.68. The maximum absolute atomic E-state index is 6.52. The van der Waals surface area contributed by atoms with Gasteiger partial charge in [0, 0.05) is 27.6 Å². The van der Waals surface area contributed by atoms with E-state index in [4.69, 9.17) is 4.42 Å². The van der Waals surface area contributed by atoms with E-state index < -0.39 is 5.41 Å². The van der Waals surface area contributed by atoms with E-state index in [-0.39, 0.29) is 0 Å². The molecule has 0 saturated heterocycles. The van der Waals surface area contributed by atoms with Crippen LogP contribution in [0.25, 0.3) is 76.9 Å². The lowest BCUT2D eigenvalue weighted by molar-refractivity contribution is 0.669. The van der Waals surface area contributed by atoms with Crippen molar-refractivity contribution in [1.29, 1.82) is 0 Å². The summed E-state index contributed by atoms with van der Waals surface area (Å²) in [4.78, 5) is 2.51. The molecule has 0 bridgehead atoms. The van der Waals surface area contributed by atoms with E-state index in [2.05, 4.69) is 254 Å². The second-order valence-electron chi connectivity index (χ2n) is 17.2. The minimum Gasteiger partial charge on any atom is -0.456 e. The molecule has 13 rings (SSSR count). The van der Waals surface area contributed by atoms with E-state index >= 15 is 0 Å². The van der Waals surface area contributed by atoms with Gasteiger partial charge in [-0.1, -0.05) is 200 Å². The second kappa shape index (κ2) is 14.8. The van der Waals surface area contributed by atoms with Gasteiger partial charge in [0.25, 0.3) is 0 Å². The van der Waals surface area contributed by atoms with E-state index in [1.165, 1.54) is 60.5 Å². The first-order chi connectivity index (χ1) is 32.2. The highest BCUT2D eigenvalue weighted by Gasteiger charge is 2.47. The Balaban J connectivity index is 1.09. The first-order valence-electron chi connectivity index (χ1n) is 22.4. The van der Waals surface area contributed by atoms with Gasteiger partial charge in [-0.25, -0.2) is 0 Å². The number of fused-ring (bicyclic) bond motifs is 8. The number of hydrogen-bond donors (Lipinski definition) is 0. The summed E-state index contributed by atoms with van der Waals surface area (Å²) in [6, 6.07) is 91.0. The van der Waals surface area contributed by atoms with Gasteiger partial charge in [0.05, 0.1) is 16.8 Å². The van der Waals surface area contributed by atoms with Gasteiger partial charge in [-0.2, -0.15) is 0 Å². The van der Waals surface area contributed by atoms with Crippen molar-refractivity contribution in [2.75, 3.05) is 4.90 Å². The van der Waals surface area contributed by atoms with Crippen molar-refractivity contribution in [3.8, 4) is 33.4 Å². The van der Waals surface area contributed by atoms with Gasteiger partial charge in [0.15, 0.2) is 0 Å². The molecule has 0 spiro atoms. The average Bonchev–Trinajstić information content (AvgIpc) is 3.89. The average molecular weight is 828 g/mol. The van der Waals surface area contributed by atoms with Gasteiger partial charge in [0.2, 0.25) is 0 Å². The smallest absolute Gasteiger partial charge is 0.136 e. The minimum atomic E-state index is -0.544. The maximum atomic E-state index is 6.52. The van der Waals surface area contributed by atoms with Crippen LogP contribution in [0.5, 0.6) is 0 Å².